The van der Waals surface area contributed by atoms with Crippen molar-refractivity contribution in [2.45, 2.75) is 6.29 Å². The Labute approximate surface area is 118 Å². The van der Waals surface area contributed by atoms with Gasteiger partial charge in [0, 0.05) is 24.3 Å². The third-order valence-corrected chi connectivity index (χ3v) is 3.34. The fourth-order valence-electron chi connectivity index (χ4n) is 2.30. The summed E-state index contributed by atoms with van der Waals surface area (Å²) in [7, 11) is 3.29. The third-order valence-electron chi connectivity index (χ3n) is 3.34. The lowest BCUT2D eigenvalue weighted by molar-refractivity contribution is -0.00906. The van der Waals surface area contributed by atoms with Gasteiger partial charge >= 0.3 is 0 Å². The molecule has 1 aliphatic heterocycles. The van der Waals surface area contributed by atoms with Crippen molar-refractivity contribution in [3.8, 4) is 11.5 Å². The third kappa shape index (κ3) is 2.28. The van der Waals surface area contributed by atoms with Crippen molar-refractivity contribution in [3.63, 3.8) is 0 Å². The Kier molecular flexibility index (Phi) is 3.44. The molecule has 1 atom stereocenters. The van der Waals surface area contributed by atoms with Gasteiger partial charge in [0.05, 0.1) is 7.11 Å². The summed E-state index contributed by atoms with van der Waals surface area (Å²) in [5, 5.41) is 0. The smallest absolute Gasteiger partial charge is 0.227 e. The van der Waals surface area contributed by atoms with E-state index < -0.39 is 6.29 Å². The molecule has 0 spiro atoms. The van der Waals surface area contributed by atoms with Crippen LogP contribution in [0.4, 0.5) is 0 Å². The van der Waals surface area contributed by atoms with Crippen molar-refractivity contribution < 1.29 is 14.2 Å². The first-order chi connectivity index (χ1) is 9.81. The molecule has 0 fully saturated rings. The Balaban J connectivity index is 2.06. The van der Waals surface area contributed by atoms with Gasteiger partial charge in [0.15, 0.2) is 0 Å². The van der Waals surface area contributed by atoms with E-state index in [0.717, 1.165) is 28.2 Å². The number of methoxy groups -OCH3 is 2. The molecule has 3 nitrogen and oxygen atoms in total. The molecule has 2 aromatic carbocycles. The Bertz CT molecular complexity index is 632. The summed E-state index contributed by atoms with van der Waals surface area (Å²) in [6.45, 7) is 0. The first-order valence-corrected chi connectivity index (χ1v) is 6.46. The highest BCUT2D eigenvalue weighted by molar-refractivity contribution is 5.86. The molecule has 1 heterocycles. The minimum Gasteiger partial charge on any atom is -0.497 e. The normalized spacial score (nSPS) is 16.9. The lowest BCUT2D eigenvalue weighted by atomic mass is 9.99. The van der Waals surface area contributed by atoms with Crippen LogP contribution >= 0.6 is 0 Å². The molecule has 1 unspecified atom stereocenters. The van der Waals surface area contributed by atoms with Crippen LogP contribution in [0.25, 0.3) is 11.6 Å². The van der Waals surface area contributed by atoms with Crippen LogP contribution in [0.15, 0.2) is 48.5 Å². The van der Waals surface area contributed by atoms with E-state index in [1.807, 2.05) is 36.4 Å². The molecule has 20 heavy (non-hydrogen) atoms. The minimum atomic E-state index is -0.406. The maximum Gasteiger partial charge on any atom is 0.227 e. The predicted molar refractivity (Wildman–Crippen MR) is 78.7 cm³/mol. The molecular formula is C17H16O3. The van der Waals surface area contributed by atoms with Gasteiger partial charge in [-0.05, 0) is 23.8 Å². The van der Waals surface area contributed by atoms with Gasteiger partial charge in [0.25, 0.3) is 0 Å². The van der Waals surface area contributed by atoms with Gasteiger partial charge in [0.2, 0.25) is 6.29 Å². The van der Waals surface area contributed by atoms with Crippen molar-refractivity contribution in [1.29, 1.82) is 0 Å². The van der Waals surface area contributed by atoms with Crippen LogP contribution in [-0.4, -0.2) is 20.5 Å². The maximum atomic E-state index is 5.92. The monoisotopic (exact) mass is 268 g/mol. The van der Waals surface area contributed by atoms with E-state index >= 15 is 0 Å². The molecule has 3 rings (SSSR count). The summed E-state index contributed by atoms with van der Waals surface area (Å²) in [4.78, 5) is 0. The van der Waals surface area contributed by atoms with Crippen molar-refractivity contribution in [2.75, 3.05) is 14.2 Å². The Morgan fingerprint density at radius 1 is 1.00 bits per heavy atom. The highest BCUT2D eigenvalue weighted by Gasteiger charge is 2.23. The van der Waals surface area contributed by atoms with E-state index in [0.29, 0.717) is 0 Å². The van der Waals surface area contributed by atoms with Crippen molar-refractivity contribution in [3.05, 3.63) is 59.7 Å². The van der Waals surface area contributed by atoms with E-state index in [1.165, 1.54) is 0 Å². The van der Waals surface area contributed by atoms with Crippen LogP contribution in [0.2, 0.25) is 0 Å². The molecule has 0 amide bonds. The zero-order valence-electron chi connectivity index (χ0n) is 11.5. The average molecular weight is 268 g/mol. The van der Waals surface area contributed by atoms with E-state index in [1.54, 1.807) is 14.2 Å². The van der Waals surface area contributed by atoms with E-state index in [-0.39, 0.29) is 0 Å². The average Bonchev–Trinajstić information content (AvgIpc) is 2.53. The first-order valence-electron chi connectivity index (χ1n) is 6.46. The van der Waals surface area contributed by atoms with Crippen LogP contribution in [-0.2, 0) is 4.74 Å². The van der Waals surface area contributed by atoms with Crippen LogP contribution in [0.1, 0.15) is 11.1 Å². The van der Waals surface area contributed by atoms with E-state index in [9.17, 15) is 0 Å². The predicted octanol–water partition coefficient (Wildman–Crippen LogP) is 3.60. The summed E-state index contributed by atoms with van der Waals surface area (Å²) in [6.07, 6.45) is 1.69. The fourth-order valence-corrected chi connectivity index (χ4v) is 2.30. The lowest BCUT2D eigenvalue weighted by Crippen LogP contribution is -2.23. The molecule has 0 radical (unpaired) electrons. The number of fused-ring (bicyclic) bond motifs is 1. The standard InChI is InChI=1S/C17H16O3/c1-18-14-9-8-13-10-15(12-6-4-3-5-7-12)17(19-2)20-16(13)11-14/h3-11,17H,1-2H3. The fraction of sp³-hybridized carbons (Fsp3) is 0.176. The summed E-state index contributed by atoms with van der Waals surface area (Å²) < 4.78 is 16.6. The largest absolute Gasteiger partial charge is 0.497 e. The van der Waals surface area contributed by atoms with E-state index in [4.69, 9.17) is 14.2 Å². The zero-order valence-corrected chi connectivity index (χ0v) is 11.5. The number of hydrogen-bond donors (Lipinski definition) is 0. The van der Waals surface area contributed by atoms with Gasteiger partial charge in [-0.3, -0.25) is 0 Å². The zero-order chi connectivity index (χ0) is 13.9. The molecule has 0 N–H and O–H groups in total. The molecule has 0 saturated heterocycles. The Morgan fingerprint density at radius 2 is 1.80 bits per heavy atom. The molecule has 0 aliphatic carbocycles. The summed E-state index contributed by atoms with van der Waals surface area (Å²) in [6, 6.07) is 15.9. The highest BCUT2D eigenvalue weighted by atomic mass is 16.7. The highest BCUT2D eigenvalue weighted by Crippen LogP contribution is 2.36. The van der Waals surface area contributed by atoms with Crippen molar-refractivity contribution in [1.82, 2.24) is 0 Å². The second kappa shape index (κ2) is 5.39. The number of rotatable bonds is 3. The topological polar surface area (TPSA) is 27.7 Å². The van der Waals surface area contributed by atoms with Crippen molar-refractivity contribution >= 4 is 11.6 Å². The molecule has 0 bridgehead atoms. The van der Waals surface area contributed by atoms with Crippen LogP contribution in [0, 0.1) is 0 Å². The van der Waals surface area contributed by atoms with Gasteiger partial charge < -0.3 is 14.2 Å². The summed E-state index contributed by atoms with van der Waals surface area (Å²) >= 11 is 0. The van der Waals surface area contributed by atoms with Crippen LogP contribution in [0.3, 0.4) is 0 Å². The minimum absolute atomic E-state index is 0.406. The molecule has 0 aromatic heterocycles. The molecular weight excluding hydrogens is 252 g/mol. The number of ether oxygens (including phenoxy) is 3. The van der Waals surface area contributed by atoms with Gasteiger partial charge in [-0.15, -0.1) is 0 Å². The summed E-state index contributed by atoms with van der Waals surface area (Å²) in [5.41, 5.74) is 3.14. The number of hydrogen-bond acceptors (Lipinski definition) is 3. The van der Waals surface area contributed by atoms with Crippen LogP contribution in [0.5, 0.6) is 11.5 Å². The van der Waals surface area contributed by atoms with E-state index in [2.05, 4.69) is 18.2 Å². The molecule has 0 saturated carbocycles. The molecule has 2 aromatic rings. The van der Waals surface area contributed by atoms with Gasteiger partial charge in [-0.1, -0.05) is 30.3 Å². The Morgan fingerprint density at radius 3 is 2.50 bits per heavy atom. The maximum absolute atomic E-state index is 5.92. The lowest BCUT2D eigenvalue weighted by Gasteiger charge is -2.26. The van der Waals surface area contributed by atoms with Crippen molar-refractivity contribution in [2.24, 2.45) is 0 Å². The van der Waals surface area contributed by atoms with Gasteiger partial charge in [-0.25, -0.2) is 0 Å². The quantitative estimate of drug-likeness (QED) is 0.851. The molecule has 3 heteroatoms. The first kappa shape index (κ1) is 12.8. The van der Waals surface area contributed by atoms with Gasteiger partial charge in [-0.2, -0.15) is 0 Å². The Hall–Kier alpha value is -2.26. The molecule has 102 valence electrons. The van der Waals surface area contributed by atoms with Crippen LogP contribution < -0.4 is 9.47 Å². The summed E-state index contributed by atoms with van der Waals surface area (Å²) in [5.74, 6) is 1.55. The number of benzene rings is 2. The van der Waals surface area contributed by atoms with Gasteiger partial charge in [0.1, 0.15) is 11.5 Å². The second-order valence-corrected chi connectivity index (χ2v) is 4.55. The SMILES string of the molecule is COc1ccc2c(c1)OC(OC)C(c1ccccc1)=C2. The second-order valence-electron chi connectivity index (χ2n) is 4.55. The molecule has 1 aliphatic rings.